The summed E-state index contributed by atoms with van der Waals surface area (Å²) in [4.78, 5) is 14.0. The first-order valence-electron chi connectivity index (χ1n) is 9.05. The summed E-state index contributed by atoms with van der Waals surface area (Å²) in [6.45, 7) is 4.57. The predicted molar refractivity (Wildman–Crippen MR) is 110 cm³/mol. The first-order chi connectivity index (χ1) is 14.0. The molecule has 150 valence electrons. The van der Waals surface area contributed by atoms with Crippen LogP contribution in [0.2, 0.25) is 0 Å². The first-order valence-corrected chi connectivity index (χ1v) is 10.3. The van der Waals surface area contributed by atoms with Gasteiger partial charge in [0.05, 0.1) is 36.9 Å². The van der Waals surface area contributed by atoms with Gasteiger partial charge in [-0.3, -0.25) is 9.25 Å². The van der Waals surface area contributed by atoms with Crippen LogP contribution in [0.1, 0.15) is 22.6 Å². The fourth-order valence-corrected chi connectivity index (χ4v) is 3.91. The zero-order valence-electron chi connectivity index (χ0n) is 16.4. The minimum atomic E-state index is -0.324. The number of aryl methyl sites for hydroxylation is 2. The maximum atomic E-state index is 12.9. The van der Waals surface area contributed by atoms with Crippen molar-refractivity contribution in [3.63, 3.8) is 0 Å². The molecule has 3 aromatic heterocycles. The summed E-state index contributed by atoms with van der Waals surface area (Å²) in [5.41, 5.74) is 2.94. The average molecular weight is 411 g/mol. The van der Waals surface area contributed by atoms with Crippen LogP contribution in [0.25, 0.3) is 5.69 Å². The molecule has 0 aliphatic heterocycles. The van der Waals surface area contributed by atoms with Crippen LogP contribution in [-0.4, -0.2) is 35.4 Å². The van der Waals surface area contributed by atoms with Crippen molar-refractivity contribution in [3.8, 4) is 11.6 Å². The van der Waals surface area contributed by atoms with Gasteiger partial charge in [-0.1, -0.05) is 23.4 Å². The Morgan fingerprint density at radius 3 is 2.69 bits per heavy atom. The molecule has 0 saturated heterocycles. The van der Waals surface area contributed by atoms with Crippen molar-refractivity contribution in [3.05, 3.63) is 75.9 Å². The molecular weight excluding hydrogens is 390 g/mol. The molecule has 0 aliphatic carbocycles. The third-order valence-electron chi connectivity index (χ3n) is 4.85. The van der Waals surface area contributed by atoms with Crippen molar-refractivity contribution < 1.29 is 9.63 Å². The fraction of sp³-hybridized carbons (Fsp3) is 0.250. The van der Waals surface area contributed by atoms with Crippen LogP contribution in [0.4, 0.5) is 0 Å². The van der Waals surface area contributed by atoms with E-state index in [4.69, 9.17) is 4.52 Å². The van der Waals surface area contributed by atoms with Gasteiger partial charge >= 0.3 is 5.69 Å². The molecule has 1 aromatic carbocycles. The zero-order valence-corrected chi connectivity index (χ0v) is 17.2. The van der Waals surface area contributed by atoms with E-state index in [-0.39, 0.29) is 11.6 Å². The molecule has 0 atom stereocenters. The van der Waals surface area contributed by atoms with Gasteiger partial charge in [-0.15, -0.1) is 11.8 Å². The molecule has 8 nitrogen and oxygen atoms in total. The molecule has 4 aromatic rings. The molecule has 0 unspecified atom stereocenters. The summed E-state index contributed by atoms with van der Waals surface area (Å²) in [7, 11) is 0. The zero-order chi connectivity index (χ0) is 20.5. The Morgan fingerprint density at radius 1 is 1.17 bits per heavy atom. The van der Waals surface area contributed by atoms with Crippen molar-refractivity contribution in [2.75, 3.05) is 6.26 Å². The number of imidazole rings is 1. The third kappa shape index (κ3) is 3.61. The lowest BCUT2D eigenvalue weighted by Crippen LogP contribution is -2.23. The molecule has 1 N–H and O–H groups in total. The highest BCUT2D eigenvalue weighted by molar-refractivity contribution is 7.98. The van der Waals surface area contributed by atoms with Gasteiger partial charge in [-0.2, -0.15) is 5.10 Å². The van der Waals surface area contributed by atoms with Gasteiger partial charge in [0.15, 0.2) is 0 Å². The highest BCUT2D eigenvalue weighted by atomic mass is 32.2. The van der Waals surface area contributed by atoms with Crippen molar-refractivity contribution in [1.29, 1.82) is 0 Å². The molecule has 0 radical (unpaired) electrons. The summed E-state index contributed by atoms with van der Waals surface area (Å²) < 4.78 is 9.62. The first kappa shape index (κ1) is 19.1. The molecule has 29 heavy (non-hydrogen) atoms. The van der Waals surface area contributed by atoms with E-state index in [0.717, 1.165) is 27.5 Å². The van der Waals surface area contributed by atoms with E-state index in [0.29, 0.717) is 18.8 Å². The summed E-state index contributed by atoms with van der Waals surface area (Å²) in [6.07, 6.45) is 6.72. The van der Waals surface area contributed by atoms with Crippen LogP contribution in [-0.2, 0) is 13.1 Å². The van der Waals surface area contributed by atoms with E-state index in [1.165, 1.54) is 15.3 Å². The summed E-state index contributed by atoms with van der Waals surface area (Å²) >= 11 is 1.62. The molecule has 0 aliphatic rings. The van der Waals surface area contributed by atoms with Crippen molar-refractivity contribution in [1.82, 2.24) is 24.1 Å². The van der Waals surface area contributed by atoms with Crippen LogP contribution in [0.5, 0.6) is 5.88 Å². The highest BCUT2D eigenvalue weighted by Crippen LogP contribution is 2.22. The number of thioether (sulfide) groups is 1. The molecule has 0 saturated carbocycles. The topological polar surface area (TPSA) is 91.0 Å². The van der Waals surface area contributed by atoms with Crippen molar-refractivity contribution in [2.45, 2.75) is 31.8 Å². The normalized spacial score (nSPS) is 11.3. The molecule has 0 fully saturated rings. The monoisotopic (exact) mass is 411 g/mol. The smallest absolute Gasteiger partial charge is 0.336 e. The number of hydrogen-bond donors (Lipinski definition) is 1. The maximum Gasteiger partial charge on any atom is 0.336 e. The quantitative estimate of drug-likeness (QED) is 0.491. The molecule has 9 heteroatoms. The third-order valence-corrected chi connectivity index (χ3v) is 5.69. The number of benzene rings is 1. The van der Waals surface area contributed by atoms with E-state index >= 15 is 0 Å². The van der Waals surface area contributed by atoms with Gasteiger partial charge in [0.25, 0.3) is 0 Å². The van der Waals surface area contributed by atoms with Gasteiger partial charge in [0, 0.05) is 16.7 Å². The van der Waals surface area contributed by atoms with Crippen LogP contribution in [0, 0.1) is 13.8 Å². The molecule has 4 rings (SSSR count). The Balaban J connectivity index is 1.63. The highest BCUT2D eigenvalue weighted by Gasteiger charge is 2.16. The minimum absolute atomic E-state index is 0.131. The SMILES string of the molecule is CSc1ccccc1Cn1cc(O)n(-c2cnn(Cc3c(C)noc3C)c2)c1=O. The lowest BCUT2D eigenvalue weighted by atomic mass is 10.2. The number of hydrogen-bond acceptors (Lipinski definition) is 6. The standard InChI is InChI=1S/C20H21N5O3S/c1-13-17(14(2)28-22-13)11-24-10-16(8-21-24)25-19(26)12-23(20(25)27)9-15-6-4-5-7-18(15)29-3/h4-8,10,12,26H,9,11H2,1-3H3. The van der Waals surface area contributed by atoms with Crippen LogP contribution < -0.4 is 5.69 Å². The Hall–Kier alpha value is -3.20. The predicted octanol–water partition coefficient (Wildman–Crippen LogP) is 2.96. The Bertz CT molecular complexity index is 1200. The van der Waals surface area contributed by atoms with Gasteiger partial charge in [0.2, 0.25) is 5.88 Å². The van der Waals surface area contributed by atoms with E-state index in [1.54, 1.807) is 28.8 Å². The lowest BCUT2D eigenvalue weighted by molar-refractivity contribution is 0.391. The summed E-state index contributed by atoms with van der Waals surface area (Å²) in [6, 6.07) is 7.90. The van der Waals surface area contributed by atoms with Crippen molar-refractivity contribution in [2.24, 2.45) is 0 Å². The average Bonchev–Trinajstić information content (AvgIpc) is 3.37. The minimum Gasteiger partial charge on any atom is -0.493 e. The lowest BCUT2D eigenvalue weighted by Gasteiger charge is -2.06. The van der Waals surface area contributed by atoms with Crippen LogP contribution in [0.3, 0.4) is 0 Å². The molecule has 3 heterocycles. The van der Waals surface area contributed by atoms with E-state index in [9.17, 15) is 9.90 Å². The Kier molecular flexibility index (Phi) is 5.06. The number of aromatic nitrogens is 5. The maximum absolute atomic E-state index is 12.9. The Labute approximate surface area is 171 Å². The second-order valence-electron chi connectivity index (χ2n) is 6.74. The summed E-state index contributed by atoms with van der Waals surface area (Å²) in [5, 5.41) is 18.7. The van der Waals surface area contributed by atoms with E-state index < -0.39 is 0 Å². The van der Waals surface area contributed by atoms with Gasteiger partial charge in [-0.05, 0) is 31.7 Å². The number of nitrogens with zero attached hydrogens (tertiary/aromatic N) is 5. The number of rotatable bonds is 6. The molecular formula is C20H21N5O3S. The van der Waals surface area contributed by atoms with Gasteiger partial charge < -0.3 is 9.63 Å². The molecule has 0 amide bonds. The van der Waals surface area contributed by atoms with E-state index in [1.807, 2.05) is 44.4 Å². The van der Waals surface area contributed by atoms with E-state index in [2.05, 4.69) is 10.3 Å². The van der Waals surface area contributed by atoms with Gasteiger partial charge in [0.1, 0.15) is 5.76 Å². The second kappa shape index (κ2) is 7.67. The Morgan fingerprint density at radius 2 is 1.97 bits per heavy atom. The van der Waals surface area contributed by atoms with Crippen LogP contribution in [0.15, 0.2) is 57.1 Å². The van der Waals surface area contributed by atoms with Crippen molar-refractivity contribution >= 4 is 11.8 Å². The molecule has 0 spiro atoms. The fourth-order valence-electron chi connectivity index (χ4n) is 3.30. The molecule has 0 bridgehead atoms. The second-order valence-corrected chi connectivity index (χ2v) is 7.59. The van der Waals surface area contributed by atoms with Gasteiger partial charge in [-0.25, -0.2) is 9.36 Å². The number of aromatic hydroxyl groups is 1. The summed E-state index contributed by atoms with van der Waals surface area (Å²) in [5.74, 6) is 0.603. The van der Waals surface area contributed by atoms with Crippen LogP contribution >= 0.6 is 11.8 Å². The largest absolute Gasteiger partial charge is 0.493 e.